The predicted molar refractivity (Wildman–Crippen MR) is 64.2 cm³/mol. The predicted octanol–water partition coefficient (Wildman–Crippen LogP) is 2.37. The van der Waals surface area contributed by atoms with Crippen molar-refractivity contribution in [2.24, 2.45) is 0 Å². The van der Waals surface area contributed by atoms with Crippen molar-refractivity contribution in [3.8, 4) is 0 Å². The van der Waals surface area contributed by atoms with E-state index in [2.05, 4.69) is 15.3 Å². The Morgan fingerprint density at radius 1 is 1.50 bits per heavy atom. The molecular formula is C10H10N4OS. The van der Waals surface area contributed by atoms with Gasteiger partial charge in [0, 0.05) is 11.4 Å². The van der Waals surface area contributed by atoms with E-state index in [-0.39, 0.29) is 6.03 Å². The van der Waals surface area contributed by atoms with Crippen LogP contribution in [-0.2, 0) is 0 Å². The maximum absolute atomic E-state index is 11.8. The minimum atomic E-state index is -0.114. The van der Waals surface area contributed by atoms with Gasteiger partial charge in [-0.05, 0) is 13.8 Å². The molecule has 1 N–H and O–H groups in total. The fourth-order valence-corrected chi connectivity index (χ4v) is 2.89. The number of aromatic nitrogens is 2. The summed E-state index contributed by atoms with van der Waals surface area (Å²) < 4.78 is 0. The molecule has 2 aromatic rings. The van der Waals surface area contributed by atoms with Crippen LogP contribution in [0.15, 0.2) is 6.33 Å². The molecule has 3 rings (SSSR count). The van der Waals surface area contributed by atoms with Gasteiger partial charge in [-0.15, -0.1) is 11.3 Å². The second-order valence-electron chi connectivity index (χ2n) is 3.59. The lowest BCUT2D eigenvalue weighted by atomic mass is 10.2. The molecule has 0 aromatic carbocycles. The fraction of sp³-hybridized carbons (Fsp3) is 0.300. The van der Waals surface area contributed by atoms with Gasteiger partial charge in [0.15, 0.2) is 5.82 Å². The number of nitrogens with one attached hydrogen (secondary N) is 1. The first-order valence-corrected chi connectivity index (χ1v) is 5.86. The van der Waals surface area contributed by atoms with Crippen LogP contribution in [0.1, 0.15) is 11.8 Å². The third kappa shape index (κ3) is 1.07. The van der Waals surface area contributed by atoms with E-state index in [0.29, 0.717) is 6.54 Å². The monoisotopic (exact) mass is 234 g/mol. The first-order valence-electron chi connectivity index (χ1n) is 5.05. The Morgan fingerprint density at radius 2 is 2.31 bits per heavy atom. The van der Waals surface area contributed by atoms with Gasteiger partial charge in [-0.25, -0.2) is 14.8 Å². The summed E-state index contributed by atoms with van der Waals surface area (Å²) in [5.74, 6) is 0.718. The second kappa shape index (κ2) is 3.15. The van der Waals surface area contributed by atoms with E-state index >= 15 is 0 Å². The topological polar surface area (TPSA) is 58.1 Å². The lowest BCUT2D eigenvalue weighted by Gasteiger charge is -2.25. The zero-order valence-corrected chi connectivity index (χ0v) is 9.76. The molecule has 1 aliphatic rings. The Labute approximate surface area is 96.1 Å². The highest BCUT2D eigenvalue weighted by molar-refractivity contribution is 7.19. The van der Waals surface area contributed by atoms with Crippen LogP contribution in [0.2, 0.25) is 0 Å². The van der Waals surface area contributed by atoms with Gasteiger partial charge in [0.05, 0.1) is 11.1 Å². The van der Waals surface area contributed by atoms with Crippen molar-refractivity contribution in [2.75, 3.05) is 16.8 Å². The van der Waals surface area contributed by atoms with Crippen molar-refractivity contribution in [1.29, 1.82) is 0 Å². The Bertz CT molecular complexity index is 592. The number of rotatable bonds is 1. The highest BCUT2D eigenvalue weighted by atomic mass is 32.1. The van der Waals surface area contributed by atoms with Crippen LogP contribution in [0.3, 0.4) is 0 Å². The number of urea groups is 1. The molecule has 0 atom stereocenters. The molecule has 0 aliphatic carbocycles. The largest absolute Gasteiger partial charge is 0.327 e. The van der Waals surface area contributed by atoms with Crippen LogP contribution in [0.5, 0.6) is 0 Å². The molecule has 0 spiro atoms. The van der Waals surface area contributed by atoms with Crippen LogP contribution in [-0.4, -0.2) is 22.5 Å². The van der Waals surface area contributed by atoms with Crippen molar-refractivity contribution < 1.29 is 4.79 Å². The average molecular weight is 234 g/mol. The first kappa shape index (κ1) is 9.53. The number of hydrogen-bond donors (Lipinski definition) is 1. The Morgan fingerprint density at radius 3 is 3.06 bits per heavy atom. The molecule has 1 aliphatic heterocycles. The Balaban J connectivity index is 2.40. The average Bonchev–Trinajstić information content (AvgIpc) is 2.58. The number of carbonyl (C=O) groups is 1. The third-order valence-electron chi connectivity index (χ3n) is 2.69. The van der Waals surface area contributed by atoms with Gasteiger partial charge >= 0.3 is 6.03 Å². The SMILES string of the molecule is CCN1C(=O)Nc2c(C)sc3ncnc1c23. The smallest absolute Gasteiger partial charge is 0.306 e. The van der Waals surface area contributed by atoms with Crippen molar-refractivity contribution in [3.05, 3.63) is 11.2 Å². The van der Waals surface area contributed by atoms with E-state index in [0.717, 1.165) is 26.6 Å². The van der Waals surface area contributed by atoms with Crippen LogP contribution in [0.4, 0.5) is 16.3 Å². The summed E-state index contributed by atoms with van der Waals surface area (Å²) in [4.78, 5) is 23.9. The van der Waals surface area contributed by atoms with E-state index < -0.39 is 0 Å². The van der Waals surface area contributed by atoms with Crippen LogP contribution < -0.4 is 10.2 Å². The second-order valence-corrected chi connectivity index (χ2v) is 4.79. The molecule has 5 nitrogen and oxygen atoms in total. The van der Waals surface area contributed by atoms with Crippen molar-refractivity contribution in [3.63, 3.8) is 0 Å². The maximum Gasteiger partial charge on any atom is 0.327 e. The lowest BCUT2D eigenvalue weighted by molar-refractivity contribution is 0.257. The standard InChI is InChI=1S/C10H10N4OS/c1-3-14-8-6-7(13-10(14)15)5(2)16-9(6)12-4-11-8/h4H,3H2,1-2H3,(H,13,15). The van der Waals surface area contributed by atoms with Crippen molar-refractivity contribution >= 4 is 39.1 Å². The van der Waals surface area contributed by atoms with Gasteiger partial charge in [0.1, 0.15) is 11.2 Å². The summed E-state index contributed by atoms with van der Waals surface area (Å²) in [5.41, 5.74) is 0.866. The number of hydrogen-bond acceptors (Lipinski definition) is 4. The van der Waals surface area contributed by atoms with Crippen LogP contribution >= 0.6 is 11.3 Å². The van der Waals surface area contributed by atoms with Gasteiger partial charge in [0.25, 0.3) is 0 Å². The molecule has 0 saturated carbocycles. The molecule has 6 heteroatoms. The Kier molecular flexibility index (Phi) is 1.88. The van der Waals surface area contributed by atoms with E-state index in [1.165, 1.54) is 6.33 Å². The highest BCUT2D eigenvalue weighted by Gasteiger charge is 2.28. The normalized spacial score (nSPS) is 14.4. The van der Waals surface area contributed by atoms with E-state index in [4.69, 9.17) is 0 Å². The summed E-state index contributed by atoms with van der Waals surface area (Å²) in [6, 6.07) is -0.114. The van der Waals surface area contributed by atoms with E-state index in [1.807, 2.05) is 13.8 Å². The third-order valence-corrected chi connectivity index (χ3v) is 3.71. The molecular weight excluding hydrogens is 224 g/mol. The summed E-state index contributed by atoms with van der Waals surface area (Å²) in [5, 5.41) is 3.86. The molecule has 0 fully saturated rings. The van der Waals surface area contributed by atoms with Crippen LogP contribution in [0.25, 0.3) is 10.2 Å². The van der Waals surface area contributed by atoms with Gasteiger partial charge in [0.2, 0.25) is 0 Å². The fourth-order valence-electron chi connectivity index (χ4n) is 1.95. The van der Waals surface area contributed by atoms with Crippen molar-refractivity contribution in [2.45, 2.75) is 13.8 Å². The van der Waals surface area contributed by atoms with Gasteiger partial charge in [-0.2, -0.15) is 0 Å². The molecule has 0 unspecified atom stereocenters. The molecule has 2 aromatic heterocycles. The molecule has 0 bridgehead atoms. The van der Waals surface area contributed by atoms with Gasteiger partial charge in [-0.1, -0.05) is 0 Å². The number of amides is 2. The number of carbonyl (C=O) groups excluding carboxylic acids is 1. The number of anilines is 2. The molecule has 16 heavy (non-hydrogen) atoms. The van der Waals surface area contributed by atoms with Gasteiger partial charge < -0.3 is 5.32 Å². The molecule has 0 radical (unpaired) electrons. The molecule has 0 saturated heterocycles. The van der Waals surface area contributed by atoms with E-state index in [1.54, 1.807) is 16.2 Å². The maximum atomic E-state index is 11.8. The van der Waals surface area contributed by atoms with Crippen molar-refractivity contribution in [1.82, 2.24) is 9.97 Å². The Hall–Kier alpha value is -1.69. The lowest BCUT2D eigenvalue weighted by Crippen LogP contribution is -2.38. The summed E-state index contributed by atoms with van der Waals surface area (Å²) >= 11 is 1.58. The molecule has 82 valence electrons. The van der Waals surface area contributed by atoms with Gasteiger partial charge in [-0.3, -0.25) is 4.90 Å². The summed E-state index contributed by atoms with van der Waals surface area (Å²) in [7, 11) is 0. The quantitative estimate of drug-likeness (QED) is 0.824. The van der Waals surface area contributed by atoms with Crippen LogP contribution in [0, 0.1) is 6.92 Å². The zero-order valence-electron chi connectivity index (χ0n) is 8.94. The number of aryl methyl sites for hydroxylation is 1. The number of nitrogens with zero attached hydrogens (tertiary/aromatic N) is 3. The number of thiophene rings is 1. The van der Waals surface area contributed by atoms with E-state index in [9.17, 15) is 4.79 Å². The summed E-state index contributed by atoms with van der Waals surface area (Å²) in [6.45, 7) is 4.51. The summed E-state index contributed by atoms with van der Waals surface area (Å²) in [6.07, 6.45) is 1.51. The molecule has 2 amide bonds. The molecule has 3 heterocycles. The first-order chi connectivity index (χ1) is 7.72. The highest BCUT2D eigenvalue weighted by Crippen LogP contribution is 2.41. The minimum Gasteiger partial charge on any atom is -0.306 e. The minimum absolute atomic E-state index is 0.114. The zero-order chi connectivity index (χ0) is 11.3.